The molecule has 1 heterocycles. The van der Waals surface area contributed by atoms with Gasteiger partial charge in [-0.25, -0.2) is 0 Å². The smallest absolute Gasteiger partial charge is 0.0806 e. The SMILES string of the molecule is CC(Nc1cccc(CCCO)c1)c1cnccn1. The van der Waals surface area contributed by atoms with Crippen LogP contribution in [-0.2, 0) is 6.42 Å². The molecular weight excluding hydrogens is 238 g/mol. The zero-order valence-electron chi connectivity index (χ0n) is 11.1. The number of anilines is 1. The van der Waals surface area contributed by atoms with Gasteiger partial charge in [-0.1, -0.05) is 12.1 Å². The highest BCUT2D eigenvalue weighted by atomic mass is 16.2. The Morgan fingerprint density at radius 3 is 2.95 bits per heavy atom. The zero-order chi connectivity index (χ0) is 13.5. The molecule has 0 fully saturated rings. The molecule has 1 aromatic heterocycles. The van der Waals surface area contributed by atoms with Crippen molar-refractivity contribution in [2.45, 2.75) is 25.8 Å². The zero-order valence-corrected chi connectivity index (χ0v) is 11.1. The van der Waals surface area contributed by atoms with E-state index in [1.165, 1.54) is 5.56 Å². The molecule has 100 valence electrons. The third-order valence-corrected chi connectivity index (χ3v) is 2.96. The topological polar surface area (TPSA) is 58.0 Å². The second kappa shape index (κ2) is 6.85. The van der Waals surface area contributed by atoms with Gasteiger partial charge in [0, 0.05) is 24.7 Å². The standard InChI is InChI=1S/C15H19N3O/c1-12(15-11-16-7-8-17-15)18-14-6-2-4-13(10-14)5-3-9-19/h2,4,6-8,10-12,18-19H,3,5,9H2,1H3. The van der Waals surface area contributed by atoms with Gasteiger partial charge < -0.3 is 10.4 Å². The molecule has 2 rings (SSSR count). The fourth-order valence-corrected chi connectivity index (χ4v) is 1.96. The maximum atomic E-state index is 8.86. The molecule has 19 heavy (non-hydrogen) atoms. The molecule has 0 radical (unpaired) electrons. The Kier molecular flexibility index (Phi) is 4.86. The number of aliphatic hydroxyl groups excluding tert-OH is 1. The summed E-state index contributed by atoms with van der Waals surface area (Å²) >= 11 is 0. The fraction of sp³-hybridized carbons (Fsp3) is 0.333. The summed E-state index contributed by atoms with van der Waals surface area (Å²) in [6.45, 7) is 2.29. The minimum atomic E-state index is 0.113. The van der Waals surface area contributed by atoms with Crippen LogP contribution < -0.4 is 5.32 Å². The van der Waals surface area contributed by atoms with Gasteiger partial charge in [0.05, 0.1) is 17.9 Å². The second-order valence-electron chi connectivity index (χ2n) is 4.52. The third-order valence-electron chi connectivity index (χ3n) is 2.96. The average molecular weight is 257 g/mol. The molecule has 0 saturated carbocycles. The van der Waals surface area contributed by atoms with E-state index in [0.29, 0.717) is 0 Å². The van der Waals surface area contributed by atoms with Crippen LogP contribution >= 0.6 is 0 Å². The van der Waals surface area contributed by atoms with Crippen LogP contribution in [0.3, 0.4) is 0 Å². The Morgan fingerprint density at radius 1 is 1.32 bits per heavy atom. The van der Waals surface area contributed by atoms with Gasteiger partial charge in [0.25, 0.3) is 0 Å². The highest BCUT2D eigenvalue weighted by Gasteiger charge is 2.06. The summed E-state index contributed by atoms with van der Waals surface area (Å²) in [5.41, 5.74) is 3.21. The molecule has 0 amide bonds. The van der Waals surface area contributed by atoms with E-state index in [4.69, 9.17) is 5.11 Å². The first-order valence-electron chi connectivity index (χ1n) is 6.52. The monoisotopic (exact) mass is 257 g/mol. The number of nitrogens with zero attached hydrogens (tertiary/aromatic N) is 2. The molecule has 0 aliphatic carbocycles. The number of nitrogens with one attached hydrogen (secondary N) is 1. The molecule has 0 aliphatic heterocycles. The summed E-state index contributed by atoms with van der Waals surface area (Å²) < 4.78 is 0. The van der Waals surface area contributed by atoms with Gasteiger partial charge in [-0.2, -0.15) is 0 Å². The Hall–Kier alpha value is -1.94. The number of hydrogen-bond donors (Lipinski definition) is 2. The van der Waals surface area contributed by atoms with Crippen LogP contribution in [0.5, 0.6) is 0 Å². The van der Waals surface area contributed by atoms with Crippen molar-refractivity contribution in [1.82, 2.24) is 9.97 Å². The Labute approximate surface area is 113 Å². The molecule has 2 N–H and O–H groups in total. The van der Waals surface area contributed by atoms with Crippen LogP contribution in [0.15, 0.2) is 42.9 Å². The van der Waals surface area contributed by atoms with Crippen molar-refractivity contribution in [1.29, 1.82) is 0 Å². The first kappa shape index (κ1) is 13.5. The van der Waals surface area contributed by atoms with Crippen molar-refractivity contribution in [3.05, 3.63) is 54.1 Å². The average Bonchev–Trinajstić information content (AvgIpc) is 2.46. The minimum absolute atomic E-state index is 0.113. The van der Waals surface area contributed by atoms with Crippen molar-refractivity contribution in [2.75, 3.05) is 11.9 Å². The lowest BCUT2D eigenvalue weighted by atomic mass is 10.1. The van der Waals surface area contributed by atoms with E-state index >= 15 is 0 Å². The summed E-state index contributed by atoms with van der Waals surface area (Å²) in [6.07, 6.45) is 6.83. The lowest BCUT2D eigenvalue weighted by Crippen LogP contribution is -2.08. The van der Waals surface area contributed by atoms with Crippen LogP contribution in [-0.4, -0.2) is 21.7 Å². The van der Waals surface area contributed by atoms with E-state index in [0.717, 1.165) is 24.2 Å². The van der Waals surface area contributed by atoms with Gasteiger partial charge >= 0.3 is 0 Å². The van der Waals surface area contributed by atoms with E-state index in [2.05, 4.69) is 34.3 Å². The maximum absolute atomic E-state index is 8.86. The van der Waals surface area contributed by atoms with Gasteiger partial charge in [0.1, 0.15) is 0 Å². The summed E-state index contributed by atoms with van der Waals surface area (Å²) in [5, 5.41) is 12.3. The van der Waals surface area contributed by atoms with Crippen LogP contribution in [0.1, 0.15) is 30.6 Å². The van der Waals surface area contributed by atoms with Crippen molar-refractivity contribution in [3.8, 4) is 0 Å². The van der Waals surface area contributed by atoms with E-state index in [9.17, 15) is 0 Å². The highest BCUT2D eigenvalue weighted by molar-refractivity contribution is 5.47. The lowest BCUT2D eigenvalue weighted by Gasteiger charge is -2.15. The fourth-order valence-electron chi connectivity index (χ4n) is 1.96. The Balaban J connectivity index is 2.02. The van der Waals surface area contributed by atoms with Crippen molar-refractivity contribution >= 4 is 5.69 Å². The predicted octanol–water partition coefficient (Wildman–Crippen LogP) is 2.57. The first-order valence-corrected chi connectivity index (χ1v) is 6.52. The summed E-state index contributed by atoms with van der Waals surface area (Å²) in [4.78, 5) is 8.36. The molecule has 2 aromatic rings. The second-order valence-corrected chi connectivity index (χ2v) is 4.52. The number of aryl methyl sites for hydroxylation is 1. The van der Waals surface area contributed by atoms with Gasteiger partial charge in [-0.3, -0.25) is 9.97 Å². The first-order chi connectivity index (χ1) is 9.29. The summed E-state index contributed by atoms with van der Waals surface area (Å²) in [6, 6.07) is 8.37. The van der Waals surface area contributed by atoms with Gasteiger partial charge in [0.15, 0.2) is 0 Å². The molecule has 0 saturated heterocycles. The minimum Gasteiger partial charge on any atom is -0.396 e. The summed E-state index contributed by atoms with van der Waals surface area (Å²) in [5.74, 6) is 0. The number of rotatable bonds is 6. The van der Waals surface area contributed by atoms with Gasteiger partial charge in [-0.15, -0.1) is 0 Å². The molecule has 4 nitrogen and oxygen atoms in total. The van der Waals surface area contributed by atoms with Gasteiger partial charge in [0.2, 0.25) is 0 Å². The molecule has 4 heteroatoms. The van der Waals surface area contributed by atoms with E-state index in [-0.39, 0.29) is 12.6 Å². The highest BCUT2D eigenvalue weighted by Crippen LogP contribution is 2.18. The van der Waals surface area contributed by atoms with Crippen LogP contribution in [0.2, 0.25) is 0 Å². The Morgan fingerprint density at radius 2 is 2.21 bits per heavy atom. The van der Waals surface area contributed by atoms with Crippen molar-refractivity contribution < 1.29 is 5.11 Å². The van der Waals surface area contributed by atoms with Crippen LogP contribution in [0, 0.1) is 0 Å². The van der Waals surface area contributed by atoms with Crippen LogP contribution in [0.25, 0.3) is 0 Å². The molecule has 0 aliphatic rings. The lowest BCUT2D eigenvalue weighted by molar-refractivity contribution is 0.288. The molecule has 1 aromatic carbocycles. The largest absolute Gasteiger partial charge is 0.396 e. The maximum Gasteiger partial charge on any atom is 0.0806 e. The van der Waals surface area contributed by atoms with E-state index in [1.807, 2.05) is 12.1 Å². The van der Waals surface area contributed by atoms with Crippen molar-refractivity contribution in [2.24, 2.45) is 0 Å². The van der Waals surface area contributed by atoms with Crippen LogP contribution in [0.4, 0.5) is 5.69 Å². The molecule has 1 unspecified atom stereocenters. The van der Waals surface area contributed by atoms with E-state index in [1.54, 1.807) is 18.6 Å². The summed E-state index contributed by atoms with van der Waals surface area (Å²) in [7, 11) is 0. The third kappa shape index (κ3) is 4.03. The molecule has 1 atom stereocenters. The normalized spacial score (nSPS) is 12.1. The number of aromatic nitrogens is 2. The van der Waals surface area contributed by atoms with Gasteiger partial charge in [-0.05, 0) is 37.5 Å². The van der Waals surface area contributed by atoms with E-state index < -0.39 is 0 Å². The quantitative estimate of drug-likeness (QED) is 0.835. The molecule has 0 bridgehead atoms. The molecule has 0 spiro atoms. The Bertz CT molecular complexity index is 502. The molecular formula is C15H19N3O. The predicted molar refractivity (Wildman–Crippen MR) is 75.9 cm³/mol. The van der Waals surface area contributed by atoms with Crippen molar-refractivity contribution in [3.63, 3.8) is 0 Å². The number of hydrogen-bond acceptors (Lipinski definition) is 4. The number of benzene rings is 1. The number of aliphatic hydroxyl groups is 1.